The summed E-state index contributed by atoms with van der Waals surface area (Å²) in [5.74, 6) is 0.504. The molecule has 4 heteroatoms. The molecule has 0 spiro atoms. The van der Waals surface area contributed by atoms with E-state index in [4.69, 9.17) is 16.7 Å². The Balaban J connectivity index is 2.24. The zero-order valence-corrected chi connectivity index (χ0v) is 8.92. The van der Waals surface area contributed by atoms with E-state index in [9.17, 15) is 4.79 Å². The van der Waals surface area contributed by atoms with Crippen molar-refractivity contribution in [2.24, 2.45) is 0 Å². The Hall–Kier alpha value is -1.22. The van der Waals surface area contributed by atoms with Gasteiger partial charge >= 0.3 is 6.09 Å². The molecule has 0 aromatic heterocycles. The summed E-state index contributed by atoms with van der Waals surface area (Å²) in [6.45, 7) is 0. The molecule has 0 saturated heterocycles. The quantitative estimate of drug-likeness (QED) is 0.761. The lowest BCUT2D eigenvalue weighted by Crippen LogP contribution is -2.24. The molecule has 2 rings (SSSR count). The van der Waals surface area contributed by atoms with Crippen molar-refractivity contribution in [3.8, 4) is 0 Å². The molecular formula is C11H12ClNO2. The Labute approximate surface area is 93.1 Å². The molecule has 1 aliphatic carbocycles. The van der Waals surface area contributed by atoms with Crippen molar-refractivity contribution in [3.05, 3.63) is 34.9 Å². The molecule has 2 N–H and O–H groups in total. The van der Waals surface area contributed by atoms with Crippen molar-refractivity contribution < 1.29 is 9.90 Å². The first-order valence-electron chi connectivity index (χ1n) is 4.88. The second-order valence-electron chi connectivity index (χ2n) is 3.71. The maximum absolute atomic E-state index is 10.6. The van der Waals surface area contributed by atoms with Crippen LogP contribution in [0, 0.1) is 0 Å². The normalized spacial score (nSPS) is 18.6. The fourth-order valence-corrected chi connectivity index (χ4v) is 2.22. The van der Waals surface area contributed by atoms with Crippen molar-refractivity contribution in [2.75, 3.05) is 0 Å². The van der Waals surface area contributed by atoms with Crippen LogP contribution >= 0.6 is 11.6 Å². The molecule has 0 radical (unpaired) electrons. The van der Waals surface area contributed by atoms with Crippen molar-refractivity contribution in [3.63, 3.8) is 0 Å². The molecule has 1 aromatic carbocycles. The fourth-order valence-electron chi connectivity index (χ4n) is 2.05. The Kier molecular flexibility index (Phi) is 2.82. The van der Waals surface area contributed by atoms with Gasteiger partial charge in [-0.25, -0.2) is 4.79 Å². The summed E-state index contributed by atoms with van der Waals surface area (Å²) >= 11 is 5.74. The zero-order chi connectivity index (χ0) is 10.8. The first-order valence-corrected chi connectivity index (χ1v) is 5.41. The molecule has 0 saturated carbocycles. The molecule has 1 aliphatic rings. The highest BCUT2D eigenvalue weighted by molar-refractivity contribution is 6.17. The van der Waals surface area contributed by atoms with E-state index in [1.807, 2.05) is 12.1 Å². The van der Waals surface area contributed by atoms with Crippen LogP contribution in [0.4, 0.5) is 4.79 Å². The molecule has 0 bridgehead atoms. The highest BCUT2D eigenvalue weighted by atomic mass is 35.5. The number of carboxylic acid groups (broad SMARTS) is 1. The maximum atomic E-state index is 10.6. The Morgan fingerprint density at radius 2 is 2.40 bits per heavy atom. The van der Waals surface area contributed by atoms with Gasteiger partial charge in [0.05, 0.1) is 6.04 Å². The number of hydrogen-bond acceptors (Lipinski definition) is 1. The summed E-state index contributed by atoms with van der Waals surface area (Å²) in [7, 11) is 0. The fraction of sp³-hybridized carbons (Fsp3) is 0.364. The van der Waals surface area contributed by atoms with E-state index in [1.165, 1.54) is 5.56 Å². The Bertz CT molecular complexity index is 392. The molecule has 0 fully saturated rings. The summed E-state index contributed by atoms with van der Waals surface area (Å²) in [5, 5.41) is 11.2. The minimum atomic E-state index is -0.964. The van der Waals surface area contributed by atoms with Crippen LogP contribution in [0.15, 0.2) is 18.2 Å². The van der Waals surface area contributed by atoms with Gasteiger partial charge in [0.15, 0.2) is 0 Å². The van der Waals surface area contributed by atoms with Gasteiger partial charge < -0.3 is 10.4 Å². The van der Waals surface area contributed by atoms with Crippen molar-refractivity contribution in [2.45, 2.75) is 24.8 Å². The lowest BCUT2D eigenvalue weighted by atomic mass is 10.1. The standard InChI is InChI=1S/C11H12ClNO2/c12-6-7-1-3-9-8(5-7)2-4-10(9)13-11(14)15/h1,3,5,10,13H,2,4,6H2,(H,14,15). The first kappa shape index (κ1) is 10.3. The molecule has 1 amide bonds. The summed E-state index contributed by atoms with van der Waals surface area (Å²) < 4.78 is 0. The van der Waals surface area contributed by atoms with Crippen LogP contribution in [0.5, 0.6) is 0 Å². The van der Waals surface area contributed by atoms with E-state index in [0.29, 0.717) is 5.88 Å². The van der Waals surface area contributed by atoms with Crippen LogP contribution in [-0.2, 0) is 12.3 Å². The van der Waals surface area contributed by atoms with Crippen LogP contribution in [0.2, 0.25) is 0 Å². The number of carbonyl (C=O) groups is 1. The van der Waals surface area contributed by atoms with Gasteiger partial charge in [0.2, 0.25) is 0 Å². The van der Waals surface area contributed by atoms with E-state index < -0.39 is 6.09 Å². The van der Waals surface area contributed by atoms with Gasteiger partial charge in [0, 0.05) is 5.88 Å². The van der Waals surface area contributed by atoms with Gasteiger partial charge in [-0.1, -0.05) is 18.2 Å². The van der Waals surface area contributed by atoms with Gasteiger partial charge in [-0.2, -0.15) is 0 Å². The average Bonchev–Trinajstić information content (AvgIpc) is 2.60. The van der Waals surface area contributed by atoms with Gasteiger partial charge in [0.1, 0.15) is 0 Å². The van der Waals surface area contributed by atoms with Crippen molar-refractivity contribution in [1.29, 1.82) is 0 Å². The minimum absolute atomic E-state index is 0.0538. The number of nitrogens with one attached hydrogen (secondary N) is 1. The molecule has 15 heavy (non-hydrogen) atoms. The number of aryl methyl sites for hydroxylation is 1. The number of benzene rings is 1. The number of alkyl halides is 1. The lowest BCUT2D eigenvalue weighted by molar-refractivity contribution is 0.190. The highest BCUT2D eigenvalue weighted by Gasteiger charge is 2.23. The number of amides is 1. The monoisotopic (exact) mass is 225 g/mol. The largest absolute Gasteiger partial charge is 0.465 e. The third-order valence-electron chi connectivity index (χ3n) is 2.74. The van der Waals surface area contributed by atoms with Gasteiger partial charge in [-0.3, -0.25) is 0 Å². The highest BCUT2D eigenvalue weighted by Crippen LogP contribution is 2.31. The van der Waals surface area contributed by atoms with Crippen LogP contribution in [0.3, 0.4) is 0 Å². The summed E-state index contributed by atoms with van der Waals surface area (Å²) in [4.78, 5) is 10.6. The topological polar surface area (TPSA) is 49.3 Å². The van der Waals surface area contributed by atoms with Gasteiger partial charge in [-0.15, -0.1) is 11.6 Å². The SMILES string of the molecule is O=C(O)NC1CCc2cc(CCl)ccc21. The molecule has 1 unspecified atom stereocenters. The van der Waals surface area contributed by atoms with Crippen LogP contribution < -0.4 is 5.32 Å². The van der Waals surface area contributed by atoms with E-state index in [-0.39, 0.29) is 6.04 Å². The van der Waals surface area contributed by atoms with E-state index >= 15 is 0 Å². The number of hydrogen-bond donors (Lipinski definition) is 2. The van der Waals surface area contributed by atoms with Crippen LogP contribution in [0.1, 0.15) is 29.2 Å². The third-order valence-corrected chi connectivity index (χ3v) is 3.05. The second-order valence-corrected chi connectivity index (χ2v) is 3.97. The summed E-state index contributed by atoms with van der Waals surface area (Å²) in [6.07, 6.45) is 0.799. The van der Waals surface area contributed by atoms with Crippen molar-refractivity contribution >= 4 is 17.7 Å². The van der Waals surface area contributed by atoms with Crippen LogP contribution in [0.25, 0.3) is 0 Å². The van der Waals surface area contributed by atoms with E-state index in [2.05, 4.69) is 11.4 Å². The second kappa shape index (κ2) is 4.11. The molecular weight excluding hydrogens is 214 g/mol. The van der Waals surface area contributed by atoms with Crippen LogP contribution in [-0.4, -0.2) is 11.2 Å². The predicted octanol–water partition coefficient (Wildman–Crippen LogP) is 2.68. The average molecular weight is 226 g/mol. The number of halogens is 1. The lowest BCUT2D eigenvalue weighted by Gasteiger charge is -2.11. The summed E-state index contributed by atoms with van der Waals surface area (Å²) in [5.41, 5.74) is 3.39. The molecule has 0 aliphatic heterocycles. The van der Waals surface area contributed by atoms with Gasteiger partial charge in [-0.05, 0) is 29.5 Å². The molecule has 1 atom stereocenters. The number of fused-ring (bicyclic) bond motifs is 1. The minimum Gasteiger partial charge on any atom is -0.465 e. The Morgan fingerprint density at radius 1 is 1.60 bits per heavy atom. The summed E-state index contributed by atoms with van der Waals surface area (Å²) in [6, 6.07) is 5.93. The third kappa shape index (κ3) is 2.07. The Morgan fingerprint density at radius 3 is 3.07 bits per heavy atom. The van der Waals surface area contributed by atoms with E-state index in [1.54, 1.807) is 0 Å². The first-order chi connectivity index (χ1) is 7.20. The van der Waals surface area contributed by atoms with E-state index in [0.717, 1.165) is 24.0 Å². The molecule has 80 valence electrons. The van der Waals surface area contributed by atoms with Gasteiger partial charge in [0.25, 0.3) is 0 Å². The molecule has 0 heterocycles. The number of rotatable bonds is 2. The smallest absolute Gasteiger partial charge is 0.405 e. The molecule has 3 nitrogen and oxygen atoms in total. The predicted molar refractivity (Wildman–Crippen MR) is 58.2 cm³/mol. The van der Waals surface area contributed by atoms with Crippen molar-refractivity contribution in [1.82, 2.24) is 5.32 Å². The molecule has 1 aromatic rings. The maximum Gasteiger partial charge on any atom is 0.405 e. The zero-order valence-electron chi connectivity index (χ0n) is 8.16.